The molecule has 1 fully saturated rings. The zero-order valence-corrected chi connectivity index (χ0v) is 19.1. The van der Waals surface area contributed by atoms with Crippen molar-refractivity contribution in [1.82, 2.24) is 15.2 Å². The van der Waals surface area contributed by atoms with E-state index < -0.39 is 0 Å². The van der Waals surface area contributed by atoms with Gasteiger partial charge in [0.15, 0.2) is 0 Å². The highest BCUT2D eigenvalue weighted by Gasteiger charge is 2.28. The maximum Gasteiger partial charge on any atom is 0.100 e. The van der Waals surface area contributed by atoms with Crippen molar-refractivity contribution in [2.45, 2.75) is 66.0 Å². The number of halogens is 1. The van der Waals surface area contributed by atoms with Crippen molar-refractivity contribution in [3.8, 4) is 0 Å². The first-order valence-electron chi connectivity index (χ1n) is 10.7. The van der Waals surface area contributed by atoms with E-state index in [1.165, 1.54) is 37.6 Å². The number of allylic oxidation sites excluding steroid dienone is 4. The van der Waals surface area contributed by atoms with Crippen LogP contribution in [0, 0.1) is 11.3 Å². The van der Waals surface area contributed by atoms with Gasteiger partial charge in [-0.05, 0) is 54.8 Å². The van der Waals surface area contributed by atoms with Crippen LogP contribution in [0.2, 0.25) is 0 Å². The Morgan fingerprint density at radius 3 is 2.53 bits per heavy atom. The molecule has 1 saturated heterocycles. The Hall–Kier alpha value is -1.60. The molecule has 1 aliphatic carbocycles. The average Bonchev–Trinajstić information content (AvgIpc) is 2.66. The topological polar surface area (TPSA) is 91.2 Å². The second-order valence-corrected chi connectivity index (χ2v) is 9.18. The molecule has 0 bridgehead atoms. The third kappa shape index (κ3) is 11.0. The SMILES string of the molecule is CC(C)[C@H](CN1CCCC(C)(C)C1)NCc1cccnc1.FC1=CC=CCC1.O.O. The summed E-state index contributed by atoms with van der Waals surface area (Å²) in [4.78, 5) is 6.84. The van der Waals surface area contributed by atoms with Gasteiger partial charge in [0.1, 0.15) is 5.83 Å². The number of piperidine rings is 1. The van der Waals surface area contributed by atoms with Gasteiger partial charge in [-0.2, -0.15) is 0 Å². The fraction of sp³-hybridized carbons (Fsp3) is 0.625. The van der Waals surface area contributed by atoms with E-state index in [0.717, 1.165) is 19.5 Å². The lowest BCUT2D eigenvalue weighted by molar-refractivity contribution is 0.100. The number of pyridine rings is 1. The summed E-state index contributed by atoms with van der Waals surface area (Å²) >= 11 is 0. The summed E-state index contributed by atoms with van der Waals surface area (Å²) < 4.78 is 12.0. The van der Waals surface area contributed by atoms with Crippen molar-refractivity contribution in [2.24, 2.45) is 11.3 Å². The molecule has 2 heterocycles. The lowest BCUT2D eigenvalue weighted by atomic mass is 9.84. The van der Waals surface area contributed by atoms with Gasteiger partial charge in [-0.25, -0.2) is 4.39 Å². The number of nitrogens with zero attached hydrogens (tertiary/aromatic N) is 2. The number of aromatic nitrogens is 1. The summed E-state index contributed by atoms with van der Waals surface area (Å²) in [5.74, 6) is 0.647. The summed E-state index contributed by atoms with van der Waals surface area (Å²) in [5, 5.41) is 3.73. The predicted molar refractivity (Wildman–Crippen MR) is 124 cm³/mol. The highest BCUT2D eigenvalue weighted by atomic mass is 19.1. The van der Waals surface area contributed by atoms with Gasteiger partial charge in [0, 0.05) is 44.5 Å². The molecule has 0 spiro atoms. The Labute approximate surface area is 182 Å². The zero-order valence-electron chi connectivity index (χ0n) is 19.1. The third-order valence-electron chi connectivity index (χ3n) is 5.49. The fourth-order valence-electron chi connectivity index (χ4n) is 3.81. The maximum absolute atomic E-state index is 12.0. The van der Waals surface area contributed by atoms with E-state index in [1.54, 1.807) is 6.08 Å². The third-order valence-corrected chi connectivity index (χ3v) is 5.49. The minimum atomic E-state index is 0. The van der Waals surface area contributed by atoms with E-state index in [2.05, 4.69) is 49.0 Å². The molecule has 0 amide bonds. The first-order chi connectivity index (χ1) is 13.4. The van der Waals surface area contributed by atoms with E-state index in [0.29, 0.717) is 23.8 Å². The van der Waals surface area contributed by atoms with E-state index in [-0.39, 0.29) is 16.8 Å². The molecule has 0 radical (unpaired) electrons. The van der Waals surface area contributed by atoms with Crippen LogP contribution in [0.5, 0.6) is 0 Å². The molecule has 1 aliphatic heterocycles. The minimum Gasteiger partial charge on any atom is -0.412 e. The summed E-state index contributed by atoms with van der Waals surface area (Å²) in [6.07, 6.45) is 13.2. The standard InChI is InChI=1S/C18H31N3.C6H7F.2H2O/c1-15(2)17(20-12-16-7-5-9-19-11-16)13-21-10-6-8-18(3,4)14-21;7-6-4-2-1-3-5-6;;/h5,7,9,11,15,17,20H,6,8,10,12-14H2,1-4H3;1-2,4H,3,5H2;2*1H2/t17-;;;/m0.../s1. The molecule has 0 saturated carbocycles. The predicted octanol–water partition coefficient (Wildman–Crippen LogP) is 3.86. The average molecular weight is 424 g/mol. The number of hydrogen-bond acceptors (Lipinski definition) is 3. The minimum absolute atomic E-state index is 0. The summed E-state index contributed by atoms with van der Waals surface area (Å²) in [6.45, 7) is 14.0. The molecule has 5 nitrogen and oxygen atoms in total. The summed E-state index contributed by atoms with van der Waals surface area (Å²) in [7, 11) is 0. The van der Waals surface area contributed by atoms with Gasteiger partial charge >= 0.3 is 0 Å². The van der Waals surface area contributed by atoms with Crippen LogP contribution in [0.15, 0.2) is 48.6 Å². The summed E-state index contributed by atoms with van der Waals surface area (Å²) in [5.41, 5.74) is 1.74. The Morgan fingerprint density at radius 1 is 1.27 bits per heavy atom. The molecular weight excluding hydrogens is 381 g/mol. The second kappa shape index (κ2) is 14.4. The number of rotatable bonds is 6. The highest BCUT2D eigenvalue weighted by Crippen LogP contribution is 2.28. The smallest absolute Gasteiger partial charge is 0.100 e. The van der Waals surface area contributed by atoms with E-state index in [1.807, 2.05) is 24.5 Å². The fourth-order valence-corrected chi connectivity index (χ4v) is 3.81. The van der Waals surface area contributed by atoms with Crippen LogP contribution in [0.1, 0.15) is 58.9 Å². The lowest BCUT2D eigenvalue weighted by Crippen LogP contribution is -2.48. The molecule has 172 valence electrons. The van der Waals surface area contributed by atoms with Gasteiger partial charge in [0.25, 0.3) is 0 Å². The van der Waals surface area contributed by atoms with Crippen LogP contribution in [-0.4, -0.2) is 46.5 Å². The largest absolute Gasteiger partial charge is 0.412 e. The summed E-state index contributed by atoms with van der Waals surface area (Å²) in [6, 6.07) is 4.69. The van der Waals surface area contributed by atoms with Crippen LogP contribution in [0.4, 0.5) is 4.39 Å². The number of hydrogen-bond donors (Lipinski definition) is 1. The van der Waals surface area contributed by atoms with Crippen LogP contribution >= 0.6 is 0 Å². The highest BCUT2D eigenvalue weighted by molar-refractivity contribution is 5.12. The van der Waals surface area contributed by atoms with Crippen LogP contribution in [0.25, 0.3) is 0 Å². The van der Waals surface area contributed by atoms with Gasteiger partial charge in [0.05, 0.1) is 0 Å². The monoisotopic (exact) mass is 423 g/mol. The lowest BCUT2D eigenvalue weighted by Gasteiger charge is -2.40. The molecule has 1 aromatic heterocycles. The van der Waals surface area contributed by atoms with Crippen LogP contribution in [-0.2, 0) is 6.54 Å². The van der Waals surface area contributed by atoms with E-state index in [4.69, 9.17) is 0 Å². The molecule has 5 N–H and O–H groups in total. The second-order valence-electron chi connectivity index (χ2n) is 9.18. The zero-order chi connectivity index (χ0) is 20.4. The van der Waals surface area contributed by atoms with Crippen molar-refractivity contribution in [3.05, 3.63) is 54.1 Å². The van der Waals surface area contributed by atoms with Crippen molar-refractivity contribution in [3.63, 3.8) is 0 Å². The first kappa shape index (κ1) is 28.4. The quantitative estimate of drug-likeness (QED) is 0.753. The van der Waals surface area contributed by atoms with Gasteiger partial charge in [-0.15, -0.1) is 0 Å². The van der Waals surface area contributed by atoms with E-state index in [9.17, 15) is 4.39 Å². The molecule has 0 unspecified atom stereocenters. The Balaban J connectivity index is 0.000000797. The molecule has 6 heteroatoms. The normalized spacial score (nSPS) is 18.9. The van der Waals surface area contributed by atoms with Gasteiger partial charge in [-0.1, -0.05) is 45.9 Å². The van der Waals surface area contributed by atoms with Crippen molar-refractivity contribution >= 4 is 0 Å². The van der Waals surface area contributed by atoms with Gasteiger partial charge in [-0.3, -0.25) is 4.98 Å². The molecule has 0 aromatic carbocycles. The molecular formula is C24H42FN3O2. The Kier molecular flexibility index (Phi) is 13.6. The molecule has 30 heavy (non-hydrogen) atoms. The molecule has 2 aliphatic rings. The van der Waals surface area contributed by atoms with Crippen LogP contribution < -0.4 is 5.32 Å². The van der Waals surface area contributed by atoms with Crippen molar-refractivity contribution in [1.29, 1.82) is 0 Å². The Morgan fingerprint density at radius 2 is 2.03 bits per heavy atom. The Bertz CT molecular complexity index is 633. The van der Waals surface area contributed by atoms with E-state index >= 15 is 0 Å². The van der Waals surface area contributed by atoms with Crippen molar-refractivity contribution in [2.75, 3.05) is 19.6 Å². The number of nitrogens with one attached hydrogen (secondary N) is 1. The first-order valence-corrected chi connectivity index (χ1v) is 10.7. The molecule has 1 aromatic rings. The molecule has 1 atom stereocenters. The maximum atomic E-state index is 12.0. The van der Waals surface area contributed by atoms with Crippen LogP contribution in [0.3, 0.4) is 0 Å². The van der Waals surface area contributed by atoms with Gasteiger partial charge < -0.3 is 21.2 Å². The molecule has 3 rings (SSSR count). The van der Waals surface area contributed by atoms with Crippen molar-refractivity contribution < 1.29 is 15.3 Å². The van der Waals surface area contributed by atoms with Gasteiger partial charge in [0.2, 0.25) is 0 Å². The number of likely N-dealkylation sites (tertiary alicyclic amines) is 1.